The number of hydrogen-bond donors (Lipinski definition) is 0. The van der Waals surface area contributed by atoms with Gasteiger partial charge in [-0.2, -0.15) is 0 Å². The first kappa shape index (κ1) is 21.4. The molecule has 0 unspecified atom stereocenters. The minimum absolute atomic E-state index is 0.222. The monoisotopic (exact) mass is 380 g/mol. The molecule has 4 nitrogen and oxygen atoms in total. The fourth-order valence-corrected chi connectivity index (χ4v) is 3.13. The molecule has 2 aromatic carbocycles. The molecule has 0 amide bonds. The summed E-state index contributed by atoms with van der Waals surface area (Å²) >= 11 is 0. The molecule has 0 fully saturated rings. The molecule has 2 rings (SSSR count). The van der Waals surface area contributed by atoms with Crippen molar-refractivity contribution in [1.82, 2.24) is 0 Å². The maximum Gasteiger partial charge on any atom is 0.320 e. The Morgan fingerprint density at radius 1 is 0.821 bits per heavy atom. The summed E-state index contributed by atoms with van der Waals surface area (Å²) in [5.41, 5.74) is 2.13. The van der Waals surface area contributed by atoms with Crippen LogP contribution in [0.5, 0.6) is 0 Å². The number of allylic oxidation sites excluding steroid dienone is 2. The van der Waals surface area contributed by atoms with E-state index in [9.17, 15) is 9.59 Å². The highest BCUT2D eigenvalue weighted by atomic mass is 16.6. The molecule has 0 saturated carbocycles. The van der Waals surface area contributed by atoms with E-state index in [0.717, 1.165) is 12.0 Å². The summed E-state index contributed by atoms with van der Waals surface area (Å²) in [4.78, 5) is 25.2. The minimum Gasteiger partial charge on any atom is -0.465 e. The van der Waals surface area contributed by atoms with Crippen molar-refractivity contribution in [2.24, 2.45) is 5.92 Å². The molecule has 4 heteroatoms. The molecular formula is C24H28O4. The largest absolute Gasteiger partial charge is 0.465 e. The number of rotatable bonds is 10. The molecule has 148 valence electrons. The Morgan fingerprint density at radius 3 is 1.89 bits per heavy atom. The Bertz CT molecular complexity index is 735. The smallest absolute Gasteiger partial charge is 0.320 e. The van der Waals surface area contributed by atoms with E-state index in [1.165, 1.54) is 5.56 Å². The van der Waals surface area contributed by atoms with E-state index in [-0.39, 0.29) is 19.1 Å². The van der Waals surface area contributed by atoms with Crippen LogP contribution in [-0.2, 0) is 25.5 Å². The normalized spacial score (nSPS) is 12.1. The molecule has 0 aliphatic heterocycles. The molecule has 0 saturated heterocycles. The van der Waals surface area contributed by atoms with E-state index < -0.39 is 17.9 Å². The molecule has 0 heterocycles. The predicted molar refractivity (Wildman–Crippen MR) is 110 cm³/mol. The Kier molecular flexibility index (Phi) is 8.99. The van der Waals surface area contributed by atoms with Crippen molar-refractivity contribution in [3.63, 3.8) is 0 Å². The van der Waals surface area contributed by atoms with Gasteiger partial charge in [0.2, 0.25) is 0 Å². The van der Waals surface area contributed by atoms with Crippen LogP contribution < -0.4 is 0 Å². The van der Waals surface area contributed by atoms with Gasteiger partial charge in [-0.05, 0) is 37.8 Å². The van der Waals surface area contributed by atoms with Gasteiger partial charge >= 0.3 is 11.9 Å². The molecule has 0 aliphatic carbocycles. The zero-order chi connectivity index (χ0) is 20.2. The average molecular weight is 380 g/mol. The van der Waals surface area contributed by atoms with Crippen LogP contribution in [0.25, 0.3) is 0 Å². The number of hydrogen-bond acceptors (Lipinski definition) is 4. The second-order valence-corrected chi connectivity index (χ2v) is 6.40. The van der Waals surface area contributed by atoms with Crippen molar-refractivity contribution in [1.29, 1.82) is 0 Å². The number of carbonyl (C=O) groups excluding carboxylic acids is 2. The van der Waals surface area contributed by atoms with Gasteiger partial charge in [0, 0.05) is 5.92 Å². The van der Waals surface area contributed by atoms with Crippen LogP contribution in [-0.4, -0.2) is 25.2 Å². The average Bonchev–Trinajstić information content (AvgIpc) is 2.72. The fraction of sp³-hybridized carbons (Fsp3) is 0.333. The Morgan fingerprint density at radius 2 is 1.36 bits per heavy atom. The molecule has 0 aliphatic rings. The van der Waals surface area contributed by atoms with Gasteiger partial charge < -0.3 is 9.47 Å². The van der Waals surface area contributed by atoms with E-state index in [2.05, 4.69) is 18.2 Å². The van der Waals surface area contributed by atoms with Gasteiger partial charge in [0.1, 0.15) is 0 Å². The van der Waals surface area contributed by atoms with Gasteiger partial charge in [0.05, 0.1) is 13.2 Å². The third-order valence-corrected chi connectivity index (χ3v) is 4.46. The summed E-state index contributed by atoms with van der Waals surface area (Å²) in [6.07, 6.45) is 5.43. The quantitative estimate of drug-likeness (QED) is 0.340. The fourth-order valence-electron chi connectivity index (χ4n) is 3.13. The molecule has 2 aromatic rings. The first-order chi connectivity index (χ1) is 13.7. The SMILES string of the molecule is CCOC(=O)C(C(=O)OCC)[C@H](C/C=C\Cc1ccccc1)c1ccccc1. The number of benzene rings is 2. The zero-order valence-corrected chi connectivity index (χ0v) is 16.5. The molecule has 0 spiro atoms. The molecule has 28 heavy (non-hydrogen) atoms. The van der Waals surface area contributed by atoms with Gasteiger partial charge in [-0.3, -0.25) is 9.59 Å². The first-order valence-corrected chi connectivity index (χ1v) is 9.74. The second-order valence-electron chi connectivity index (χ2n) is 6.40. The van der Waals surface area contributed by atoms with Gasteiger partial charge in [-0.15, -0.1) is 0 Å². The highest BCUT2D eigenvalue weighted by molar-refractivity contribution is 5.96. The minimum atomic E-state index is -0.983. The van der Waals surface area contributed by atoms with E-state index in [1.807, 2.05) is 54.6 Å². The molecule has 1 atom stereocenters. The lowest BCUT2D eigenvalue weighted by atomic mass is 9.83. The maximum atomic E-state index is 12.6. The van der Waals surface area contributed by atoms with Crippen molar-refractivity contribution >= 4 is 11.9 Å². The molecule has 0 aromatic heterocycles. The molecule has 0 radical (unpaired) electrons. The second kappa shape index (κ2) is 11.8. The van der Waals surface area contributed by atoms with Crippen molar-refractivity contribution in [2.45, 2.75) is 32.6 Å². The summed E-state index contributed by atoms with van der Waals surface area (Å²) in [5, 5.41) is 0. The topological polar surface area (TPSA) is 52.6 Å². The third kappa shape index (κ3) is 6.38. The van der Waals surface area contributed by atoms with Gasteiger partial charge in [-0.25, -0.2) is 0 Å². The Labute approximate surface area is 167 Å². The highest BCUT2D eigenvalue weighted by Crippen LogP contribution is 2.31. The Balaban J connectivity index is 2.23. The molecule has 0 bridgehead atoms. The summed E-state index contributed by atoms with van der Waals surface area (Å²) < 4.78 is 10.4. The summed E-state index contributed by atoms with van der Waals surface area (Å²) in [5.74, 6) is -2.40. The van der Waals surface area contributed by atoms with Crippen LogP contribution in [0.4, 0.5) is 0 Å². The van der Waals surface area contributed by atoms with E-state index >= 15 is 0 Å². The van der Waals surface area contributed by atoms with Crippen molar-refractivity contribution < 1.29 is 19.1 Å². The highest BCUT2D eigenvalue weighted by Gasteiger charge is 2.37. The summed E-state index contributed by atoms with van der Waals surface area (Å²) in [6.45, 7) is 3.91. The van der Waals surface area contributed by atoms with Crippen molar-refractivity contribution in [2.75, 3.05) is 13.2 Å². The lowest BCUT2D eigenvalue weighted by molar-refractivity contribution is -0.162. The van der Waals surface area contributed by atoms with E-state index in [1.54, 1.807) is 13.8 Å². The van der Waals surface area contributed by atoms with Crippen LogP contribution >= 0.6 is 0 Å². The van der Waals surface area contributed by atoms with Crippen LogP contribution in [0.2, 0.25) is 0 Å². The van der Waals surface area contributed by atoms with Crippen molar-refractivity contribution in [3.05, 3.63) is 83.9 Å². The number of ether oxygens (including phenoxy) is 2. The third-order valence-electron chi connectivity index (χ3n) is 4.46. The first-order valence-electron chi connectivity index (χ1n) is 9.74. The summed E-state index contributed by atoms with van der Waals surface area (Å²) in [7, 11) is 0. The Hall–Kier alpha value is -2.88. The number of carbonyl (C=O) groups is 2. The van der Waals surface area contributed by atoms with Crippen LogP contribution in [0, 0.1) is 5.92 Å². The van der Waals surface area contributed by atoms with Crippen LogP contribution in [0.3, 0.4) is 0 Å². The van der Waals surface area contributed by atoms with Crippen molar-refractivity contribution in [3.8, 4) is 0 Å². The lowest BCUT2D eigenvalue weighted by Gasteiger charge is -2.23. The van der Waals surface area contributed by atoms with Gasteiger partial charge in [-0.1, -0.05) is 72.8 Å². The summed E-state index contributed by atoms with van der Waals surface area (Å²) in [6, 6.07) is 19.7. The van der Waals surface area contributed by atoms with E-state index in [4.69, 9.17) is 9.47 Å². The van der Waals surface area contributed by atoms with E-state index in [0.29, 0.717) is 6.42 Å². The lowest BCUT2D eigenvalue weighted by Crippen LogP contribution is -2.33. The molecular weight excluding hydrogens is 352 g/mol. The zero-order valence-electron chi connectivity index (χ0n) is 16.5. The maximum absolute atomic E-state index is 12.6. The van der Waals surface area contributed by atoms with Crippen LogP contribution in [0.15, 0.2) is 72.8 Å². The molecule has 0 N–H and O–H groups in total. The van der Waals surface area contributed by atoms with Gasteiger partial charge in [0.25, 0.3) is 0 Å². The standard InChI is InChI=1S/C24H28O4/c1-3-27-23(25)22(24(26)28-4-2)21(20-16-9-6-10-17-20)18-12-11-15-19-13-7-5-8-14-19/h5-14,16-17,21-22H,3-4,15,18H2,1-2H3/b12-11-/t21-/m1/s1. The number of esters is 2. The predicted octanol–water partition coefficient (Wildman–Crippen LogP) is 4.70. The van der Waals surface area contributed by atoms with Crippen LogP contribution in [0.1, 0.15) is 37.3 Å². The van der Waals surface area contributed by atoms with Gasteiger partial charge in [0.15, 0.2) is 5.92 Å².